The molecule has 2 aliphatic carbocycles. The second-order valence-corrected chi connectivity index (χ2v) is 8.26. The van der Waals surface area contributed by atoms with E-state index < -0.39 is 0 Å². The summed E-state index contributed by atoms with van der Waals surface area (Å²) >= 11 is 0. The van der Waals surface area contributed by atoms with E-state index in [4.69, 9.17) is 0 Å². The van der Waals surface area contributed by atoms with Crippen molar-refractivity contribution in [1.29, 1.82) is 0 Å². The molecule has 0 radical (unpaired) electrons. The quantitative estimate of drug-likeness (QED) is 0.777. The lowest BCUT2D eigenvalue weighted by Gasteiger charge is -2.31. The molecule has 0 heterocycles. The zero-order chi connectivity index (χ0) is 13.6. The molecule has 2 saturated carbocycles. The molecule has 0 aromatic heterocycles. The molecule has 106 valence electrons. The normalized spacial score (nSPS) is 34.8. The van der Waals surface area contributed by atoms with Gasteiger partial charge in [-0.3, -0.25) is 0 Å². The summed E-state index contributed by atoms with van der Waals surface area (Å²) in [6.45, 7) is 15.7. The Morgan fingerprint density at radius 1 is 0.944 bits per heavy atom. The highest BCUT2D eigenvalue weighted by atomic mass is 14.9. The van der Waals surface area contributed by atoms with Crippen LogP contribution >= 0.6 is 0 Å². The molecule has 0 atom stereocenters. The number of hydrogen-bond acceptors (Lipinski definition) is 1. The molecule has 2 rings (SSSR count). The molecule has 2 fully saturated rings. The van der Waals surface area contributed by atoms with Gasteiger partial charge in [-0.2, -0.15) is 0 Å². The van der Waals surface area contributed by atoms with Gasteiger partial charge in [0.1, 0.15) is 0 Å². The maximum atomic E-state index is 3.85. The monoisotopic (exact) mass is 251 g/mol. The summed E-state index contributed by atoms with van der Waals surface area (Å²) in [6.07, 6.45) is 5.67. The minimum absolute atomic E-state index is 0.537. The Bertz CT molecular complexity index is 268. The van der Waals surface area contributed by atoms with E-state index in [1.165, 1.54) is 32.2 Å². The topological polar surface area (TPSA) is 12.0 Å². The smallest absolute Gasteiger partial charge is 0.00673 e. The molecule has 0 unspecified atom stereocenters. The Morgan fingerprint density at radius 3 is 1.83 bits per heavy atom. The van der Waals surface area contributed by atoms with Crippen LogP contribution in [0, 0.1) is 28.6 Å². The molecular weight excluding hydrogens is 218 g/mol. The average Bonchev–Trinajstić information content (AvgIpc) is 2.67. The summed E-state index contributed by atoms with van der Waals surface area (Å²) in [7, 11) is 0. The van der Waals surface area contributed by atoms with Gasteiger partial charge in [-0.25, -0.2) is 0 Å². The zero-order valence-corrected chi connectivity index (χ0v) is 13.3. The molecule has 2 aliphatic rings. The maximum absolute atomic E-state index is 3.85. The van der Waals surface area contributed by atoms with Crippen LogP contribution in [0.1, 0.15) is 67.2 Å². The summed E-state index contributed by atoms with van der Waals surface area (Å²) in [6, 6.07) is 0.798. The fraction of sp³-hybridized carbons (Fsp3) is 1.00. The first kappa shape index (κ1) is 14.4. The fourth-order valence-corrected chi connectivity index (χ4v) is 4.12. The SMILES string of the molecule is CC(C)C1CCC(NCC2C(C)(C)C2(C)C)CC1. The standard InChI is InChI=1S/C17H33N/c1-12(2)13-7-9-14(10-8-13)18-11-15-16(3,4)17(15,5)6/h12-15,18H,7-11H2,1-6H3. The Balaban J connectivity index is 1.71. The number of nitrogens with one attached hydrogen (secondary N) is 1. The molecular formula is C17H33N. The third-order valence-electron chi connectivity index (χ3n) is 6.64. The van der Waals surface area contributed by atoms with Crippen LogP contribution < -0.4 is 5.32 Å². The van der Waals surface area contributed by atoms with Crippen LogP contribution in [0.4, 0.5) is 0 Å². The van der Waals surface area contributed by atoms with E-state index in [1.54, 1.807) is 0 Å². The molecule has 1 nitrogen and oxygen atoms in total. The van der Waals surface area contributed by atoms with Gasteiger partial charge in [0.25, 0.3) is 0 Å². The summed E-state index contributed by atoms with van der Waals surface area (Å²) in [4.78, 5) is 0. The van der Waals surface area contributed by atoms with E-state index >= 15 is 0 Å². The van der Waals surface area contributed by atoms with Crippen molar-refractivity contribution < 1.29 is 0 Å². The molecule has 0 aromatic carbocycles. The molecule has 1 heteroatoms. The van der Waals surface area contributed by atoms with Gasteiger partial charge < -0.3 is 5.32 Å². The van der Waals surface area contributed by atoms with Crippen molar-refractivity contribution in [3.63, 3.8) is 0 Å². The highest BCUT2D eigenvalue weighted by molar-refractivity contribution is 5.13. The van der Waals surface area contributed by atoms with Gasteiger partial charge in [0.15, 0.2) is 0 Å². The van der Waals surface area contributed by atoms with Crippen molar-refractivity contribution in [2.75, 3.05) is 6.54 Å². The van der Waals surface area contributed by atoms with E-state index in [9.17, 15) is 0 Å². The zero-order valence-electron chi connectivity index (χ0n) is 13.3. The molecule has 0 amide bonds. The van der Waals surface area contributed by atoms with Gasteiger partial charge in [-0.1, -0.05) is 41.5 Å². The summed E-state index contributed by atoms with van der Waals surface area (Å²) in [5.41, 5.74) is 1.07. The summed E-state index contributed by atoms with van der Waals surface area (Å²) < 4.78 is 0. The average molecular weight is 251 g/mol. The van der Waals surface area contributed by atoms with Crippen molar-refractivity contribution in [3.05, 3.63) is 0 Å². The van der Waals surface area contributed by atoms with E-state index in [0.717, 1.165) is 23.8 Å². The van der Waals surface area contributed by atoms with Crippen LogP contribution in [0.3, 0.4) is 0 Å². The Hall–Kier alpha value is -0.0400. The molecule has 0 aromatic rings. The van der Waals surface area contributed by atoms with E-state index in [1.807, 2.05) is 0 Å². The van der Waals surface area contributed by atoms with Crippen LogP contribution in [-0.2, 0) is 0 Å². The van der Waals surface area contributed by atoms with Crippen LogP contribution in [0.2, 0.25) is 0 Å². The third kappa shape index (κ3) is 2.48. The van der Waals surface area contributed by atoms with Gasteiger partial charge in [-0.15, -0.1) is 0 Å². The second kappa shape index (κ2) is 4.81. The largest absolute Gasteiger partial charge is 0.314 e. The Kier molecular flexibility index (Phi) is 3.84. The molecule has 18 heavy (non-hydrogen) atoms. The number of rotatable bonds is 4. The lowest BCUT2D eigenvalue weighted by molar-refractivity contribution is 0.236. The van der Waals surface area contributed by atoms with Crippen LogP contribution in [0.15, 0.2) is 0 Å². The lowest BCUT2D eigenvalue weighted by Crippen LogP contribution is -2.36. The Labute approximate surface area is 114 Å². The minimum Gasteiger partial charge on any atom is -0.314 e. The Morgan fingerprint density at radius 2 is 1.44 bits per heavy atom. The van der Waals surface area contributed by atoms with Crippen LogP contribution in [0.5, 0.6) is 0 Å². The van der Waals surface area contributed by atoms with E-state index in [-0.39, 0.29) is 0 Å². The summed E-state index contributed by atoms with van der Waals surface area (Å²) in [5, 5.41) is 3.85. The lowest BCUT2D eigenvalue weighted by atomic mass is 9.79. The van der Waals surface area contributed by atoms with Gasteiger partial charge >= 0.3 is 0 Å². The first-order valence-corrected chi connectivity index (χ1v) is 8.00. The van der Waals surface area contributed by atoms with Crippen LogP contribution in [-0.4, -0.2) is 12.6 Å². The third-order valence-corrected chi connectivity index (χ3v) is 6.64. The highest BCUT2D eigenvalue weighted by Gasteiger charge is 2.63. The maximum Gasteiger partial charge on any atom is 0.00673 e. The first-order valence-electron chi connectivity index (χ1n) is 8.00. The molecule has 0 spiro atoms. The van der Waals surface area contributed by atoms with Gasteiger partial charge in [-0.05, 0) is 60.8 Å². The van der Waals surface area contributed by atoms with Crippen molar-refractivity contribution >= 4 is 0 Å². The first-order chi connectivity index (χ1) is 8.26. The van der Waals surface area contributed by atoms with Crippen molar-refractivity contribution in [2.24, 2.45) is 28.6 Å². The van der Waals surface area contributed by atoms with E-state index in [0.29, 0.717) is 10.8 Å². The van der Waals surface area contributed by atoms with Crippen molar-refractivity contribution in [1.82, 2.24) is 5.32 Å². The molecule has 0 bridgehead atoms. The van der Waals surface area contributed by atoms with Gasteiger partial charge in [0, 0.05) is 6.04 Å². The second-order valence-electron chi connectivity index (χ2n) is 8.26. The van der Waals surface area contributed by atoms with Crippen molar-refractivity contribution in [3.8, 4) is 0 Å². The van der Waals surface area contributed by atoms with Crippen molar-refractivity contribution in [2.45, 2.75) is 73.3 Å². The van der Waals surface area contributed by atoms with Gasteiger partial charge in [0.2, 0.25) is 0 Å². The summed E-state index contributed by atoms with van der Waals surface area (Å²) in [5.74, 6) is 2.73. The van der Waals surface area contributed by atoms with E-state index in [2.05, 4.69) is 46.9 Å². The minimum atomic E-state index is 0.537. The fourth-order valence-electron chi connectivity index (χ4n) is 4.12. The predicted molar refractivity (Wildman–Crippen MR) is 79.6 cm³/mol. The molecule has 1 N–H and O–H groups in total. The van der Waals surface area contributed by atoms with Gasteiger partial charge in [0.05, 0.1) is 0 Å². The number of hydrogen-bond donors (Lipinski definition) is 1. The molecule has 0 aliphatic heterocycles. The molecule has 0 saturated heterocycles. The predicted octanol–water partition coefficient (Wildman–Crippen LogP) is 4.47. The van der Waals surface area contributed by atoms with Crippen LogP contribution in [0.25, 0.3) is 0 Å². The highest BCUT2D eigenvalue weighted by Crippen LogP contribution is 2.67.